The lowest BCUT2D eigenvalue weighted by Gasteiger charge is -2.26. The normalized spacial score (nSPS) is 19.5. The molecule has 10 heteroatoms. The van der Waals surface area contributed by atoms with Crippen molar-refractivity contribution in [3.8, 4) is 5.75 Å². The predicted octanol–water partition coefficient (Wildman–Crippen LogP) is 3.57. The second-order valence-corrected chi connectivity index (χ2v) is 8.86. The highest BCUT2D eigenvalue weighted by molar-refractivity contribution is 7.89. The van der Waals surface area contributed by atoms with Crippen molar-refractivity contribution < 1.29 is 31.2 Å². The van der Waals surface area contributed by atoms with E-state index in [1.54, 1.807) is 6.08 Å². The van der Waals surface area contributed by atoms with Crippen LogP contribution in [0.4, 0.5) is 13.2 Å². The van der Waals surface area contributed by atoms with Gasteiger partial charge in [0.1, 0.15) is 5.75 Å². The zero-order valence-corrected chi connectivity index (χ0v) is 16.1. The van der Waals surface area contributed by atoms with Gasteiger partial charge in [-0.1, -0.05) is 12.8 Å². The molecule has 0 saturated heterocycles. The molecule has 0 aromatic heterocycles. The number of rotatable bonds is 7. The number of hydroxylamine groups is 1. The molecule has 1 aliphatic heterocycles. The van der Waals surface area contributed by atoms with Crippen LogP contribution in [-0.2, 0) is 14.9 Å². The summed E-state index contributed by atoms with van der Waals surface area (Å²) >= 11 is 0. The summed E-state index contributed by atoms with van der Waals surface area (Å²) in [5, 5.41) is 0. The van der Waals surface area contributed by atoms with Gasteiger partial charge < -0.3 is 4.74 Å². The van der Waals surface area contributed by atoms with Crippen molar-refractivity contribution in [1.29, 1.82) is 0 Å². The molecule has 3 rings (SSSR count). The Balaban J connectivity index is 1.54. The van der Waals surface area contributed by atoms with Gasteiger partial charge in [-0.3, -0.25) is 10.3 Å². The maximum Gasteiger partial charge on any atom is 0.573 e. The van der Waals surface area contributed by atoms with E-state index >= 15 is 0 Å². The van der Waals surface area contributed by atoms with Crippen molar-refractivity contribution in [2.45, 2.75) is 43.4 Å². The summed E-state index contributed by atoms with van der Waals surface area (Å²) in [6, 6.07) is 4.20. The molecule has 1 aliphatic carbocycles. The SMILES string of the molecule is O=S(=O)(c1ccc(OC(F)(F)F)cc1)N1CC=C(NOCC2CCCC2)CC1. The third-order valence-electron chi connectivity index (χ3n) is 4.86. The number of nitrogens with one attached hydrogen (secondary N) is 1. The largest absolute Gasteiger partial charge is 0.573 e. The molecule has 2 aliphatic rings. The Morgan fingerprint density at radius 2 is 1.82 bits per heavy atom. The molecule has 1 saturated carbocycles. The molecule has 0 atom stereocenters. The fourth-order valence-corrected chi connectivity index (χ4v) is 4.73. The van der Waals surface area contributed by atoms with Crippen LogP contribution in [0.5, 0.6) is 5.75 Å². The van der Waals surface area contributed by atoms with E-state index in [9.17, 15) is 21.6 Å². The fraction of sp³-hybridized carbons (Fsp3) is 0.556. The third-order valence-corrected chi connectivity index (χ3v) is 6.74. The van der Waals surface area contributed by atoms with Crippen LogP contribution in [0.3, 0.4) is 0 Å². The van der Waals surface area contributed by atoms with Crippen molar-refractivity contribution >= 4 is 10.0 Å². The molecule has 6 nitrogen and oxygen atoms in total. The molecular weight excluding hydrogens is 397 g/mol. The van der Waals surface area contributed by atoms with Gasteiger partial charge in [-0.2, -0.15) is 4.31 Å². The maximum atomic E-state index is 12.7. The van der Waals surface area contributed by atoms with E-state index in [4.69, 9.17) is 4.84 Å². The van der Waals surface area contributed by atoms with Gasteiger partial charge in [0.05, 0.1) is 11.5 Å². The highest BCUT2D eigenvalue weighted by Crippen LogP contribution is 2.26. The highest BCUT2D eigenvalue weighted by Gasteiger charge is 2.31. The van der Waals surface area contributed by atoms with Crippen LogP contribution >= 0.6 is 0 Å². The maximum absolute atomic E-state index is 12.7. The smallest absolute Gasteiger partial charge is 0.406 e. The Bertz CT molecular complexity index is 788. The molecule has 0 bridgehead atoms. The van der Waals surface area contributed by atoms with Crippen molar-refractivity contribution in [3.63, 3.8) is 0 Å². The monoisotopic (exact) mass is 420 g/mol. The lowest BCUT2D eigenvalue weighted by Crippen LogP contribution is -2.37. The standard InChI is InChI=1S/C18H23F3N2O4S/c19-18(20,21)27-16-5-7-17(8-6-16)28(24,25)23-11-9-15(10-12-23)22-26-13-14-3-1-2-4-14/h5-9,14,22H,1-4,10-13H2. The van der Waals surface area contributed by atoms with E-state index < -0.39 is 22.1 Å². The van der Waals surface area contributed by atoms with Gasteiger partial charge in [0.2, 0.25) is 10.0 Å². The minimum atomic E-state index is -4.82. The molecule has 28 heavy (non-hydrogen) atoms. The van der Waals surface area contributed by atoms with Gasteiger partial charge in [0, 0.05) is 25.2 Å². The van der Waals surface area contributed by atoms with Crippen LogP contribution in [0.15, 0.2) is 40.9 Å². The quantitative estimate of drug-likeness (QED) is 0.683. The van der Waals surface area contributed by atoms with Gasteiger partial charge in [0.25, 0.3) is 0 Å². The number of benzene rings is 1. The molecule has 1 heterocycles. The summed E-state index contributed by atoms with van der Waals surface area (Å²) in [5.41, 5.74) is 3.74. The van der Waals surface area contributed by atoms with Crippen LogP contribution < -0.4 is 10.2 Å². The Labute approximate surface area is 162 Å². The number of hydrogen-bond acceptors (Lipinski definition) is 5. The number of alkyl halides is 3. The second kappa shape index (κ2) is 8.71. The first-order valence-electron chi connectivity index (χ1n) is 9.17. The van der Waals surface area contributed by atoms with Crippen molar-refractivity contribution in [2.75, 3.05) is 19.7 Å². The number of ether oxygens (including phenoxy) is 1. The Morgan fingerprint density at radius 3 is 2.39 bits per heavy atom. The first-order chi connectivity index (χ1) is 13.2. The zero-order valence-electron chi connectivity index (χ0n) is 15.2. The molecule has 0 spiro atoms. The van der Waals surface area contributed by atoms with E-state index in [0.717, 1.165) is 30.0 Å². The lowest BCUT2D eigenvalue weighted by molar-refractivity contribution is -0.274. The van der Waals surface area contributed by atoms with Crippen LogP contribution in [0.2, 0.25) is 0 Å². The fourth-order valence-electron chi connectivity index (χ4n) is 3.35. The van der Waals surface area contributed by atoms with Gasteiger partial charge in [-0.05, 0) is 49.1 Å². The summed E-state index contributed by atoms with van der Waals surface area (Å²) in [7, 11) is -3.80. The van der Waals surface area contributed by atoms with E-state index in [1.165, 1.54) is 30.0 Å². The molecule has 1 aromatic carbocycles. The van der Waals surface area contributed by atoms with E-state index in [1.807, 2.05) is 0 Å². The number of halogens is 3. The Hall–Kier alpha value is -1.78. The Kier molecular flexibility index (Phi) is 6.51. The minimum Gasteiger partial charge on any atom is -0.406 e. The summed E-state index contributed by atoms with van der Waals surface area (Å²) in [4.78, 5) is 5.44. The molecule has 0 radical (unpaired) electrons. The van der Waals surface area contributed by atoms with E-state index in [0.29, 0.717) is 18.9 Å². The second-order valence-electron chi connectivity index (χ2n) is 6.93. The van der Waals surface area contributed by atoms with Gasteiger partial charge in [-0.15, -0.1) is 13.2 Å². The molecular formula is C18H23F3N2O4S. The molecule has 1 N–H and O–H groups in total. The van der Waals surface area contributed by atoms with Crippen LogP contribution in [-0.4, -0.2) is 38.8 Å². The number of nitrogens with zero attached hydrogens (tertiary/aromatic N) is 1. The zero-order chi connectivity index (χ0) is 20.2. The topological polar surface area (TPSA) is 67.9 Å². The van der Waals surface area contributed by atoms with E-state index in [-0.39, 0.29) is 18.0 Å². The Morgan fingerprint density at radius 1 is 1.14 bits per heavy atom. The summed E-state index contributed by atoms with van der Waals surface area (Å²) in [5.74, 6) is 0.119. The first kappa shape index (κ1) is 20.9. The molecule has 1 fully saturated rings. The summed E-state index contributed by atoms with van der Waals surface area (Å²) in [6.45, 7) is 1.07. The van der Waals surface area contributed by atoms with E-state index in [2.05, 4.69) is 10.2 Å². The third kappa shape index (κ3) is 5.62. The number of hydrogen-bond donors (Lipinski definition) is 1. The van der Waals surface area contributed by atoms with Gasteiger partial charge in [0.15, 0.2) is 0 Å². The molecule has 0 amide bonds. The predicted molar refractivity (Wildman–Crippen MR) is 95.6 cm³/mol. The average molecular weight is 420 g/mol. The van der Waals surface area contributed by atoms with Crippen molar-refractivity contribution in [3.05, 3.63) is 36.0 Å². The minimum absolute atomic E-state index is 0.0793. The van der Waals surface area contributed by atoms with Crippen LogP contribution in [0, 0.1) is 5.92 Å². The lowest BCUT2D eigenvalue weighted by atomic mass is 10.1. The molecule has 0 unspecified atom stereocenters. The molecule has 156 valence electrons. The van der Waals surface area contributed by atoms with Crippen molar-refractivity contribution in [1.82, 2.24) is 9.79 Å². The summed E-state index contributed by atoms with van der Waals surface area (Å²) in [6.07, 6.45) is 2.25. The summed E-state index contributed by atoms with van der Waals surface area (Å²) < 4.78 is 67.0. The van der Waals surface area contributed by atoms with Gasteiger partial charge in [-0.25, -0.2) is 8.42 Å². The first-order valence-corrected chi connectivity index (χ1v) is 10.6. The van der Waals surface area contributed by atoms with Crippen LogP contribution in [0.25, 0.3) is 0 Å². The highest BCUT2D eigenvalue weighted by atomic mass is 32.2. The van der Waals surface area contributed by atoms with Crippen LogP contribution in [0.1, 0.15) is 32.1 Å². The number of sulfonamides is 1. The van der Waals surface area contributed by atoms with Gasteiger partial charge >= 0.3 is 6.36 Å². The van der Waals surface area contributed by atoms with Crippen molar-refractivity contribution in [2.24, 2.45) is 5.92 Å². The average Bonchev–Trinajstić information content (AvgIpc) is 3.15. The molecule has 1 aromatic rings.